The number of nitriles is 1. The van der Waals surface area contributed by atoms with Gasteiger partial charge in [0.15, 0.2) is 5.60 Å². The van der Waals surface area contributed by atoms with Crippen molar-refractivity contribution in [2.75, 3.05) is 13.7 Å². The average Bonchev–Trinajstić information content (AvgIpc) is 2.78. The minimum absolute atomic E-state index is 0.281. The van der Waals surface area contributed by atoms with Gasteiger partial charge in [0, 0.05) is 17.0 Å². The summed E-state index contributed by atoms with van der Waals surface area (Å²) < 4.78 is 10.9. The maximum absolute atomic E-state index is 10.4. The lowest BCUT2D eigenvalue weighted by molar-refractivity contribution is 0.0706. The van der Waals surface area contributed by atoms with E-state index in [-0.39, 0.29) is 5.92 Å². The molecule has 1 N–H and O–H groups in total. The van der Waals surface area contributed by atoms with Gasteiger partial charge >= 0.3 is 0 Å². The highest BCUT2D eigenvalue weighted by molar-refractivity contribution is 5.58. The normalized spacial score (nSPS) is 29.1. The van der Waals surface area contributed by atoms with Crippen molar-refractivity contribution in [3.05, 3.63) is 23.3 Å². The number of hydrogen-bond acceptors (Lipinski definition) is 4. The van der Waals surface area contributed by atoms with Crippen molar-refractivity contribution in [1.29, 1.82) is 5.26 Å². The van der Waals surface area contributed by atoms with Crippen molar-refractivity contribution in [2.45, 2.75) is 24.4 Å². The molecule has 4 heteroatoms. The lowest BCUT2D eigenvalue weighted by Gasteiger charge is -2.31. The molecule has 1 aliphatic heterocycles. The molecule has 88 valence electrons. The van der Waals surface area contributed by atoms with Crippen LogP contribution in [0.15, 0.2) is 12.1 Å². The molecule has 0 fully saturated rings. The van der Waals surface area contributed by atoms with Gasteiger partial charge in [-0.1, -0.05) is 0 Å². The van der Waals surface area contributed by atoms with Gasteiger partial charge in [-0.05, 0) is 25.0 Å². The fourth-order valence-corrected chi connectivity index (χ4v) is 2.83. The molecule has 17 heavy (non-hydrogen) atoms. The molecule has 0 saturated carbocycles. The third-order valence-corrected chi connectivity index (χ3v) is 3.69. The van der Waals surface area contributed by atoms with Crippen LogP contribution in [0.1, 0.15) is 29.9 Å². The molecule has 2 aliphatic rings. The zero-order chi connectivity index (χ0) is 12.0. The Morgan fingerprint density at radius 1 is 1.59 bits per heavy atom. The minimum Gasteiger partial charge on any atom is -0.496 e. The van der Waals surface area contributed by atoms with Gasteiger partial charge in [-0.2, -0.15) is 5.26 Å². The van der Waals surface area contributed by atoms with E-state index in [1.807, 2.05) is 12.1 Å². The summed E-state index contributed by atoms with van der Waals surface area (Å²) in [4.78, 5) is 0. The van der Waals surface area contributed by atoms with Crippen LogP contribution in [0.2, 0.25) is 0 Å². The van der Waals surface area contributed by atoms with Crippen molar-refractivity contribution in [1.82, 2.24) is 0 Å². The number of ether oxygens (including phenoxy) is 2. The fraction of sp³-hybridized carbons (Fsp3) is 0.462. The van der Waals surface area contributed by atoms with Gasteiger partial charge < -0.3 is 14.6 Å². The van der Waals surface area contributed by atoms with E-state index in [1.54, 1.807) is 13.2 Å². The van der Waals surface area contributed by atoms with Crippen LogP contribution in [0, 0.1) is 11.3 Å². The van der Waals surface area contributed by atoms with Crippen LogP contribution in [-0.2, 0) is 5.60 Å². The number of aliphatic hydroxyl groups is 1. The zero-order valence-corrected chi connectivity index (χ0v) is 9.56. The van der Waals surface area contributed by atoms with Gasteiger partial charge in [0.2, 0.25) is 0 Å². The molecule has 1 aromatic carbocycles. The van der Waals surface area contributed by atoms with E-state index in [4.69, 9.17) is 9.47 Å². The summed E-state index contributed by atoms with van der Waals surface area (Å²) in [6, 6.07) is 5.61. The summed E-state index contributed by atoms with van der Waals surface area (Å²) >= 11 is 0. The Hall–Kier alpha value is -1.73. The monoisotopic (exact) mass is 231 g/mol. The quantitative estimate of drug-likeness (QED) is 0.747. The Morgan fingerprint density at radius 2 is 2.41 bits per heavy atom. The summed E-state index contributed by atoms with van der Waals surface area (Å²) in [6.07, 6.45) is 1.21. The number of benzene rings is 1. The van der Waals surface area contributed by atoms with E-state index in [0.717, 1.165) is 17.7 Å². The number of rotatable bonds is 1. The molecular weight excluding hydrogens is 218 g/mol. The molecule has 1 aliphatic carbocycles. The fourth-order valence-electron chi connectivity index (χ4n) is 2.83. The molecule has 0 saturated heterocycles. The van der Waals surface area contributed by atoms with Gasteiger partial charge in [-0.25, -0.2) is 0 Å². The lowest BCUT2D eigenvalue weighted by Crippen LogP contribution is -2.30. The summed E-state index contributed by atoms with van der Waals surface area (Å²) in [6.45, 7) is 0.636. The standard InChI is InChI=1S/C13H13NO3/c1-16-10-3-2-9-11-8(6-17-9)4-5-13(15,7-14)12(10)11/h2-3,8,15H,4-6H2,1H3/t8-,13+/m0/s1. The molecule has 1 aromatic rings. The summed E-state index contributed by atoms with van der Waals surface area (Å²) in [5.41, 5.74) is 0.120. The first-order valence-corrected chi connectivity index (χ1v) is 5.67. The highest BCUT2D eigenvalue weighted by Gasteiger charge is 2.45. The van der Waals surface area contributed by atoms with Crippen LogP contribution in [0.5, 0.6) is 11.5 Å². The largest absolute Gasteiger partial charge is 0.496 e. The first-order valence-electron chi connectivity index (χ1n) is 5.67. The van der Waals surface area contributed by atoms with Crippen molar-refractivity contribution >= 4 is 0 Å². The molecule has 3 rings (SSSR count). The third-order valence-electron chi connectivity index (χ3n) is 3.69. The Bertz CT molecular complexity index is 520. The smallest absolute Gasteiger partial charge is 0.180 e. The number of hydrogen-bond donors (Lipinski definition) is 1. The Balaban J connectivity index is 2.30. The van der Waals surface area contributed by atoms with Gasteiger partial charge in [0.05, 0.1) is 13.7 Å². The third kappa shape index (κ3) is 1.26. The Labute approximate surface area is 99.4 Å². The molecule has 4 nitrogen and oxygen atoms in total. The molecular formula is C13H13NO3. The Morgan fingerprint density at radius 3 is 3.12 bits per heavy atom. The molecule has 0 spiro atoms. The van der Waals surface area contributed by atoms with E-state index in [2.05, 4.69) is 0 Å². The van der Waals surface area contributed by atoms with E-state index >= 15 is 0 Å². The predicted molar refractivity (Wildman–Crippen MR) is 60.0 cm³/mol. The van der Waals surface area contributed by atoms with Crippen molar-refractivity contribution in [2.24, 2.45) is 0 Å². The van der Waals surface area contributed by atoms with Gasteiger partial charge in [0.25, 0.3) is 0 Å². The molecule has 0 amide bonds. The van der Waals surface area contributed by atoms with Crippen molar-refractivity contribution < 1.29 is 14.6 Å². The Kier molecular flexibility index (Phi) is 2.07. The van der Waals surface area contributed by atoms with Gasteiger partial charge in [0.1, 0.15) is 17.6 Å². The van der Waals surface area contributed by atoms with Crippen LogP contribution in [0.3, 0.4) is 0 Å². The highest BCUT2D eigenvalue weighted by Crippen LogP contribution is 2.51. The number of nitrogens with zero attached hydrogens (tertiary/aromatic N) is 1. The van der Waals surface area contributed by atoms with Crippen molar-refractivity contribution in [3.63, 3.8) is 0 Å². The van der Waals surface area contributed by atoms with E-state index < -0.39 is 5.60 Å². The topological polar surface area (TPSA) is 62.5 Å². The zero-order valence-electron chi connectivity index (χ0n) is 9.56. The second kappa shape index (κ2) is 3.38. The SMILES string of the molecule is COc1ccc2c3c1[C@](O)(C#N)CC[C@H]3CO2. The van der Waals surface area contributed by atoms with Crippen LogP contribution < -0.4 is 9.47 Å². The molecule has 0 aromatic heterocycles. The first-order chi connectivity index (χ1) is 8.19. The van der Waals surface area contributed by atoms with E-state index in [1.165, 1.54) is 0 Å². The maximum Gasteiger partial charge on any atom is 0.180 e. The van der Waals surface area contributed by atoms with Gasteiger partial charge in [-0.15, -0.1) is 0 Å². The second-order valence-electron chi connectivity index (χ2n) is 4.57. The maximum atomic E-state index is 10.4. The van der Waals surface area contributed by atoms with Crippen LogP contribution >= 0.6 is 0 Å². The van der Waals surface area contributed by atoms with Crippen LogP contribution in [0.4, 0.5) is 0 Å². The molecule has 0 unspecified atom stereocenters. The van der Waals surface area contributed by atoms with Crippen LogP contribution in [0.25, 0.3) is 0 Å². The molecule has 0 bridgehead atoms. The van der Waals surface area contributed by atoms with E-state index in [0.29, 0.717) is 24.3 Å². The highest BCUT2D eigenvalue weighted by atomic mass is 16.5. The minimum atomic E-state index is -1.44. The van der Waals surface area contributed by atoms with Gasteiger partial charge in [-0.3, -0.25) is 0 Å². The molecule has 0 radical (unpaired) electrons. The average molecular weight is 231 g/mol. The van der Waals surface area contributed by atoms with E-state index in [9.17, 15) is 10.4 Å². The lowest BCUT2D eigenvalue weighted by atomic mass is 9.75. The second-order valence-corrected chi connectivity index (χ2v) is 4.57. The summed E-state index contributed by atoms with van der Waals surface area (Å²) in [5, 5.41) is 19.6. The number of methoxy groups -OCH3 is 1. The summed E-state index contributed by atoms with van der Waals surface area (Å²) in [7, 11) is 1.55. The van der Waals surface area contributed by atoms with Crippen LogP contribution in [-0.4, -0.2) is 18.8 Å². The molecule has 2 atom stereocenters. The van der Waals surface area contributed by atoms with Crippen molar-refractivity contribution in [3.8, 4) is 17.6 Å². The molecule has 1 heterocycles. The summed E-state index contributed by atoms with van der Waals surface area (Å²) in [5.74, 6) is 1.63. The predicted octanol–water partition coefficient (Wildman–Crippen LogP) is 1.68. The first kappa shape index (κ1) is 10.4.